The minimum absolute atomic E-state index is 0.154. The van der Waals surface area contributed by atoms with Crippen molar-refractivity contribution in [2.75, 3.05) is 0 Å². The van der Waals surface area contributed by atoms with E-state index >= 15 is 0 Å². The highest BCUT2D eigenvalue weighted by Crippen LogP contribution is 2.35. The number of halogens is 3. The van der Waals surface area contributed by atoms with Gasteiger partial charge in [0.2, 0.25) is 11.9 Å². The Morgan fingerprint density at radius 3 is 2.31 bits per heavy atom. The summed E-state index contributed by atoms with van der Waals surface area (Å²) in [5.74, 6) is -1.87. The van der Waals surface area contributed by atoms with Crippen LogP contribution in [0.5, 0.6) is 0 Å². The van der Waals surface area contributed by atoms with Gasteiger partial charge in [0.1, 0.15) is 15.2 Å². The number of hydrogen-bond donors (Lipinski definition) is 0. The number of nitrogens with zero attached hydrogens (tertiary/aromatic N) is 2. The molecule has 0 fully saturated rings. The molecule has 2 heterocycles. The van der Waals surface area contributed by atoms with E-state index in [1.54, 1.807) is 0 Å². The molecule has 0 amide bonds. The standard InChI is InChI=1S/C10H9ClF2N2S/c1-10(2,3)9-14-5-4(11)7(12)15-8(13)6(5)16-9/h1-3H3. The van der Waals surface area contributed by atoms with E-state index in [-0.39, 0.29) is 20.7 Å². The monoisotopic (exact) mass is 262 g/mol. The van der Waals surface area contributed by atoms with Gasteiger partial charge in [-0.3, -0.25) is 0 Å². The molecule has 86 valence electrons. The molecule has 16 heavy (non-hydrogen) atoms. The summed E-state index contributed by atoms with van der Waals surface area (Å²) in [5.41, 5.74) is -0.0720. The lowest BCUT2D eigenvalue weighted by Crippen LogP contribution is -2.09. The largest absolute Gasteiger partial charge is 0.239 e. The average molecular weight is 263 g/mol. The number of pyridine rings is 1. The van der Waals surface area contributed by atoms with Crippen LogP contribution in [0.3, 0.4) is 0 Å². The number of rotatable bonds is 0. The minimum atomic E-state index is -1.02. The van der Waals surface area contributed by atoms with E-state index in [0.717, 1.165) is 11.3 Å². The predicted octanol–water partition coefficient (Wildman–Crippen LogP) is 3.92. The Hall–Kier alpha value is -0.810. The van der Waals surface area contributed by atoms with Gasteiger partial charge in [-0.1, -0.05) is 32.4 Å². The van der Waals surface area contributed by atoms with Crippen molar-refractivity contribution in [3.05, 3.63) is 21.9 Å². The molecule has 6 heteroatoms. The van der Waals surface area contributed by atoms with Crippen LogP contribution in [-0.4, -0.2) is 9.97 Å². The number of hydrogen-bond acceptors (Lipinski definition) is 3. The highest BCUT2D eigenvalue weighted by Gasteiger charge is 2.23. The van der Waals surface area contributed by atoms with Gasteiger partial charge < -0.3 is 0 Å². The van der Waals surface area contributed by atoms with Gasteiger partial charge in [-0.05, 0) is 0 Å². The van der Waals surface area contributed by atoms with Crippen LogP contribution >= 0.6 is 22.9 Å². The molecule has 0 saturated heterocycles. The van der Waals surface area contributed by atoms with Gasteiger partial charge in [0.15, 0.2) is 0 Å². The van der Waals surface area contributed by atoms with Crippen molar-refractivity contribution in [1.82, 2.24) is 9.97 Å². The lowest BCUT2D eigenvalue weighted by Gasteiger charge is -2.13. The third kappa shape index (κ3) is 1.78. The summed E-state index contributed by atoms with van der Waals surface area (Å²) in [5, 5.41) is 0.485. The Kier molecular flexibility index (Phi) is 2.62. The number of aromatic nitrogens is 2. The second-order valence-electron chi connectivity index (χ2n) is 4.45. The smallest absolute Gasteiger partial charge is 0.236 e. The van der Waals surface area contributed by atoms with E-state index in [0.29, 0.717) is 5.01 Å². The van der Waals surface area contributed by atoms with Crippen molar-refractivity contribution in [3.63, 3.8) is 0 Å². The molecule has 2 aromatic rings. The molecular weight excluding hydrogens is 254 g/mol. The highest BCUT2D eigenvalue weighted by molar-refractivity contribution is 7.18. The summed E-state index contributed by atoms with van der Waals surface area (Å²) >= 11 is 6.86. The Morgan fingerprint density at radius 2 is 1.75 bits per heavy atom. The van der Waals surface area contributed by atoms with Crippen LogP contribution in [0, 0.1) is 11.9 Å². The second kappa shape index (κ2) is 3.60. The van der Waals surface area contributed by atoms with Gasteiger partial charge in [-0.2, -0.15) is 13.8 Å². The number of thiazole rings is 1. The Morgan fingerprint density at radius 1 is 1.12 bits per heavy atom. The fraction of sp³-hybridized carbons (Fsp3) is 0.400. The first kappa shape index (κ1) is 11.7. The molecule has 0 atom stereocenters. The van der Waals surface area contributed by atoms with Crippen LogP contribution < -0.4 is 0 Å². The lowest BCUT2D eigenvalue weighted by molar-refractivity contribution is 0.523. The first-order valence-corrected chi connectivity index (χ1v) is 5.81. The molecular formula is C10H9ClF2N2S. The van der Waals surface area contributed by atoms with Crippen LogP contribution in [0.15, 0.2) is 0 Å². The van der Waals surface area contributed by atoms with E-state index in [1.165, 1.54) is 0 Å². The van der Waals surface area contributed by atoms with Crippen molar-refractivity contribution in [3.8, 4) is 0 Å². The van der Waals surface area contributed by atoms with E-state index in [4.69, 9.17) is 11.6 Å². The van der Waals surface area contributed by atoms with Gasteiger partial charge in [0.05, 0.1) is 5.01 Å². The van der Waals surface area contributed by atoms with E-state index < -0.39 is 11.9 Å². The number of fused-ring (bicyclic) bond motifs is 1. The highest BCUT2D eigenvalue weighted by atomic mass is 35.5. The molecule has 0 N–H and O–H groups in total. The summed E-state index contributed by atoms with van der Waals surface area (Å²) in [4.78, 5) is 7.27. The van der Waals surface area contributed by atoms with Crippen LogP contribution in [0.25, 0.3) is 10.2 Å². The van der Waals surface area contributed by atoms with Gasteiger partial charge in [-0.25, -0.2) is 4.98 Å². The third-order valence-corrected chi connectivity index (χ3v) is 3.84. The molecule has 0 saturated carbocycles. The predicted molar refractivity (Wildman–Crippen MR) is 61.0 cm³/mol. The first-order chi connectivity index (χ1) is 7.30. The van der Waals surface area contributed by atoms with Gasteiger partial charge in [0.25, 0.3) is 0 Å². The summed E-state index contributed by atoms with van der Waals surface area (Å²) in [6, 6.07) is 0. The maximum Gasteiger partial charge on any atom is 0.236 e. The molecule has 0 aromatic carbocycles. The molecule has 0 bridgehead atoms. The molecule has 0 spiro atoms. The van der Waals surface area contributed by atoms with Crippen molar-refractivity contribution in [2.24, 2.45) is 0 Å². The maximum absolute atomic E-state index is 13.4. The fourth-order valence-corrected chi connectivity index (χ4v) is 2.46. The summed E-state index contributed by atoms with van der Waals surface area (Å²) in [6.45, 7) is 5.83. The molecule has 0 unspecified atom stereocenters. The van der Waals surface area contributed by atoms with Crippen LogP contribution in [0.2, 0.25) is 5.02 Å². The molecule has 0 aliphatic carbocycles. The molecule has 2 nitrogen and oxygen atoms in total. The first-order valence-electron chi connectivity index (χ1n) is 4.62. The topological polar surface area (TPSA) is 25.8 Å². The Balaban J connectivity index is 2.80. The van der Waals surface area contributed by atoms with Crippen molar-refractivity contribution < 1.29 is 8.78 Å². The molecule has 2 rings (SSSR count). The third-order valence-electron chi connectivity index (χ3n) is 2.04. The van der Waals surface area contributed by atoms with Gasteiger partial charge >= 0.3 is 0 Å². The Bertz CT molecular complexity index is 560. The van der Waals surface area contributed by atoms with Crippen LogP contribution in [0.1, 0.15) is 25.8 Å². The fourth-order valence-electron chi connectivity index (χ4n) is 1.21. The van der Waals surface area contributed by atoms with E-state index in [1.807, 2.05) is 20.8 Å². The second-order valence-corrected chi connectivity index (χ2v) is 5.83. The van der Waals surface area contributed by atoms with Crippen molar-refractivity contribution in [2.45, 2.75) is 26.2 Å². The summed E-state index contributed by atoms with van der Waals surface area (Å²) in [6.07, 6.45) is 0. The molecule has 0 aliphatic rings. The zero-order chi connectivity index (χ0) is 12.1. The molecule has 2 aromatic heterocycles. The Labute approximate surface area is 100 Å². The quantitative estimate of drug-likeness (QED) is 0.673. The SMILES string of the molecule is CC(C)(C)c1nc2c(Cl)c(F)nc(F)c2s1. The van der Waals surface area contributed by atoms with Gasteiger partial charge in [-0.15, -0.1) is 11.3 Å². The average Bonchev–Trinajstić information content (AvgIpc) is 2.58. The van der Waals surface area contributed by atoms with Crippen LogP contribution in [-0.2, 0) is 5.41 Å². The lowest BCUT2D eigenvalue weighted by atomic mass is 9.98. The minimum Gasteiger partial charge on any atom is -0.239 e. The normalized spacial score (nSPS) is 12.4. The van der Waals surface area contributed by atoms with Crippen molar-refractivity contribution in [1.29, 1.82) is 0 Å². The zero-order valence-corrected chi connectivity index (χ0v) is 10.5. The van der Waals surface area contributed by atoms with Gasteiger partial charge in [0, 0.05) is 5.41 Å². The molecule has 0 aliphatic heterocycles. The summed E-state index contributed by atoms with van der Waals surface area (Å²) in [7, 11) is 0. The zero-order valence-electron chi connectivity index (χ0n) is 8.94. The molecule has 0 radical (unpaired) electrons. The van der Waals surface area contributed by atoms with Crippen LogP contribution in [0.4, 0.5) is 8.78 Å². The summed E-state index contributed by atoms with van der Waals surface area (Å²) < 4.78 is 26.7. The van der Waals surface area contributed by atoms with E-state index in [2.05, 4.69) is 9.97 Å². The maximum atomic E-state index is 13.4. The van der Waals surface area contributed by atoms with E-state index in [9.17, 15) is 8.78 Å². The van der Waals surface area contributed by atoms with Crippen molar-refractivity contribution >= 4 is 33.2 Å².